The lowest BCUT2D eigenvalue weighted by atomic mass is 9.81. The molecule has 0 spiro atoms. The van der Waals surface area contributed by atoms with Crippen LogP contribution in [0.3, 0.4) is 0 Å². The van der Waals surface area contributed by atoms with Crippen LogP contribution >= 0.6 is 0 Å². The second kappa shape index (κ2) is 11.8. The highest BCUT2D eigenvalue weighted by atomic mass is 19.4. The summed E-state index contributed by atoms with van der Waals surface area (Å²) in [5.74, 6) is -3.15. The Bertz CT molecular complexity index is 1270. The molecule has 4 rings (SSSR count). The average Bonchev–Trinajstić information content (AvgIpc) is 3.32. The summed E-state index contributed by atoms with van der Waals surface area (Å²) in [6.07, 6.45) is -3.09. The van der Waals surface area contributed by atoms with Gasteiger partial charge in [0.15, 0.2) is 5.65 Å². The zero-order valence-electron chi connectivity index (χ0n) is 21.1. The molecule has 0 aliphatic heterocycles. The van der Waals surface area contributed by atoms with Gasteiger partial charge in [0.05, 0.1) is 31.2 Å². The van der Waals surface area contributed by atoms with Gasteiger partial charge in [-0.2, -0.15) is 18.3 Å². The molecule has 39 heavy (non-hydrogen) atoms. The Balaban J connectivity index is 1.52. The highest BCUT2D eigenvalue weighted by Crippen LogP contribution is 2.41. The van der Waals surface area contributed by atoms with Crippen LogP contribution in [-0.4, -0.2) is 56.0 Å². The highest BCUT2D eigenvalue weighted by Gasteiger charge is 2.39. The summed E-state index contributed by atoms with van der Waals surface area (Å²) >= 11 is 0. The van der Waals surface area contributed by atoms with Crippen molar-refractivity contribution in [3.8, 4) is 5.75 Å². The molecule has 1 aliphatic rings. The molecule has 1 aliphatic carbocycles. The molecule has 0 radical (unpaired) electrons. The molecule has 3 aromatic heterocycles. The first-order chi connectivity index (χ1) is 18.4. The molecule has 0 bridgehead atoms. The third-order valence-corrected chi connectivity index (χ3v) is 6.68. The smallest absolute Gasteiger partial charge is 0.389 e. The topological polar surface area (TPSA) is 114 Å². The first-order valence-electron chi connectivity index (χ1n) is 12.4. The zero-order chi connectivity index (χ0) is 28.2. The molecule has 3 aromatic rings. The lowest BCUT2D eigenvalue weighted by Gasteiger charge is -2.33. The quantitative estimate of drug-likeness (QED) is 0.254. The molecule has 1 amide bonds. The molecule has 1 fully saturated rings. The fraction of sp³-hybridized carbons (Fsp3) is 0.520. The van der Waals surface area contributed by atoms with E-state index < -0.39 is 43.1 Å². The van der Waals surface area contributed by atoms with Gasteiger partial charge in [-0.1, -0.05) is 0 Å². The van der Waals surface area contributed by atoms with Crippen LogP contribution in [0.25, 0.3) is 5.65 Å². The van der Waals surface area contributed by atoms with Crippen molar-refractivity contribution < 1.29 is 36.6 Å². The van der Waals surface area contributed by atoms with Gasteiger partial charge in [-0.15, -0.1) is 0 Å². The lowest BCUT2D eigenvalue weighted by molar-refractivity contribution is -0.140. The number of nitrogens with one attached hydrogen (secondary N) is 2. The summed E-state index contributed by atoms with van der Waals surface area (Å²) < 4.78 is 71.5. The van der Waals surface area contributed by atoms with E-state index in [0.717, 1.165) is 0 Å². The molecule has 9 nitrogen and oxygen atoms in total. The third-order valence-electron chi connectivity index (χ3n) is 6.68. The van der Waals surface area contributed by atoms with Crippen molar-refractivity contribution in [2.75, 3.05) is 7.11 Å². The van der Waals surface area contributed by atoms with Crippen LogP contribution in [0, 0.1) is 5.92 Å². The number of rotatable bonds is 10. The van der Waals surface area contributed by atoms with Gasteiger partial charge in [0.2, 0.25) is 5.92 Å². The molecule has 1 saturated carbocycles. The van der Waals surface area contributed by atoms with Crippen molar-refractivity contribution in [1.82, 2.24) is 30.2 Å². The standard InChI is InChI=1S/C25H29F5N6O3/c1-39-17-5-9-31-18(11-17)23(38)35-22(16-2-6-24(26,27)7-3-16)19-14-36-20(34-19)10-15(13-33-36)12-32-21(37)4-8-25(28,29)30/h5,9-11,13-14,16,21-22,32,37H,2-4,6-8,12H2,1H3,(H,35,38)/t21?,22-/m0/s1. The third kappa shape index (κ3) is 7.82. The number of carbonyl (C=O) groups is 1. The van der Waals surface area contributed by atoms with Crippen LogP contribution < -0.4 is 15.4 Å². The molecule has 0 aromatic carbocycles. The molecule has 14 heteroatoms. The van der Waals surface area contributed by atoms with Gasteiger partial charge in [0.25, 0.3) is 5.91 Å². The van der Waals surface area contributed by atoms with Gasteiger partial charge in [-0.3, -0.25) is 15.1 Å². The van der Waals surface area contributed by atoms with Gasteiger partial charge < -0.3 is 15.2 Å². The predicted molar refractivity (Wildman–Crippen MR) is 129 cm³/mol. The lowest BCUT2D eigenvalue weighted by Crippen LogP contribution is -2.37. The van der Waals surface area contributed by atoms with Crippen molar-refractivity contribution in [1.29, 1.82) is 0 Å². The van der Waals surface area contributed by atoms with Gasteiger partial charge in [-0.05, 0) is 42.9 Å². The Morgan fingerprint density at radius 2 is 2.03 bits per heavy atom. The van der Waals surface area contributed by atoms with E-state index in [0.29, 0.717) is 22.7 Å². The second-order valence-electron chi connectivity index (χ2n) is 9.61. The number of aliphatic hydroxyl groups is 1. The predicted octanol–water partition coefficient (Wildman–Crippen LogP) is 4.18. The van der Waals surface area contributed by atoms with Gasteiger partial charge in [0, 0.05) is 38.1 Å². The number of methoxy groups -OCH3 is 1. The highest BCUT2D eigenvalue weighted by molar-refractivity contribution is 5.92. The van der Waals surface area contributed by atoms with E-state index in [2.05, 4.69) is 25.7 Å². The summed E-state index contributed by atoms with van der Waals surface area (Å²) in [6.45, 7) is 0.0457. The van der Waals surface area contributed by atoms with Crippen LogP contribution in [0.4, 0.5) is 22.0 Å². The van der Waals surface area contributed by atoms with Gasteiger partial charge >= 0.3 is 6.18 Å². The Morgan fingerprint density at radius 3 is 2.72 bits per heavy atom. The van der Waals surface area contributed by atoms with E-state index >= 15 is 0 Å². The summed E-state index contributed by atoms with van der Waals surface area (Å²) in [5, 5.41) is 19.6. The average molecular weight is 557 g/mol. The number of pyridine rings is 1. The molecule has 2 atom stereocenters. The van der Waals surface area contributed by atoms with Crippen LogP contribution in [0.1, 0.15) is 66.3 Å². The molecule has 1 unspecified atom stereocenters. The second-order valence-corrected chi connectivity index (χ2v) is 9.61. The number of halogens is 5. The zero-order valence-corrected chi connectivity index (χ0v) is 21.1. The number of hydrogen-bond acceptors (Lipinski definition) is 7. The molecule has 3 heterocycles. The normalized spacial score (nSPS) is 17.6. The van der Waals surface area contributed by atoms with E-state index in [1.54, 1.807) is 18.3 Å². The molecule has 212 valence electrons. The minimum atomic E-state index is -4.36. The first kappa shape index (κ1) is 28.6. The number of nitrogens with zero attached hydrogens (tertiary/aromatic N) is 4. The largest absolute Gasteiger partial charge is 0.497 e. The maximum Gasteiger partial charge on any atom is 0.389 e. The maximum absolute atomic E-state index is 13.9. The van der Waals surface area contributed by atoms with Crippen LogP contribution in [0.5, 0.6) is 5.75 Å². The summed E-state index contributed by atoms with van der Waals surface area (Å²) in [7, 11) is 1.46. The fourth-order valence-corrected chi connectivity index (χ4v) is 4.53. The van der Waals surface area contributed by atoms with Crippen LogP contribution in [0.2, 0.25) is 0 Å². The number of ether oxygens (including phenoxy) is 1. The van der Waals surface area contributed by atoms with Crippen LogP contribution in [0.15, 0.2) is 36.8 Å². The van der Waals surface area contributed by atoms with Crippen molar-refractivity contribution in [2.24, 2.45) is 5.92 Å². The van der Waals surface area contributed by atoms with E-state index in [1.807, 2.05) is 0 Å². The minimum absolute atomic E-state index is 0.0457. The molecule has 0 saturated heterocycles. The molecular formula is C25H29F5N6O3. The molecule has 3 N–H and O–H groups in total. The number of aromatic nitrogens is 4. The van der Waals surface area contributed by atoms with E-state index in [9.17, 15) is 31.9 Å². The number of hydrogen-bond donors (Lipinski definition) is 3. The minimum Gasteiger partial charge on any atom is -0.497 e. The van der Waals surface area contributed by atoms with Crippen molar-refractivity contribution in [3.05, 3.63) is 53.7 Å². The van der Waals surface area contributed by atoms with Crippen LogP contribution in [-0.2, 0) is 6.54 Å². The monoisotopic (exact) mass is 556 g/mol. The van der Waals surface area contributed by atoms with Crippen molar-refractivity contribution >= 4 is 11.6 Å². The number of alkyl halides is 5. The van der Waals surface area contributed by atoms with Gasteiger partial charge in [-0.25, -0.2) is 18.3 Å². The Kier molecular flexibility index (Phi) is 8.64. The number of imidazole rings is 1. The Hall–Kier alpha value is -3.39. The summed E-state index contributed by atoms with van der Waals surface area (Å²) in [6, 6.07) is 3.99. The number of aliphatic hydroxyl groups excluding tert-OH is 1. The van der Waals surface area contributed by atoms with E-state index in [4.69, 9.17) is 4.74 Å². The van der Waals surface area contributed by atoms with E-state index in [-0.39, 0.29) is 43.8 Å². The first-order valence-corrected chi connectivity index (χ1v) is 12.4. The Labute approximate surface area is 220 Å². The number of amides is 1. The number of carbonyl (C=O) groups excluding carboxylic acids is 1. The molecular weight excluding hydrogens is 527 g/mol. The SMILES string of the molecule is COc1ccnc(C(=O)N[C@H](c2cn3ncc(CNC(O)CCC(F)(F)F)cc3n2)C2CCC(F)(F)CC2)c1. The Morgan fingerprint density at radius 1 is 1.28 bits per heavy atom. The summed E-state index contributed by atoms with van der Waals surface area (Å²) in [5.41, 5.74) is 1.46. The number of fused-ring (bicyclic) bond motifs is 1. The fourth-order valence-electron chi connectivity index (χ4n) is 4.53. The van der Waals surface area contributed by atoms with Crippen molar-refractivity contribution in [3.63, 3.8) is 0 Å². The van der Waals surface area contributed by atoms with Crippen molar-refractivity contribution in [2.45, 2.75) is 69.4 Å². The summed E-state index contributed by atoms with van der Waals surface area (Å²) in [4.78, 5) is 21.7. The maximum atomic E-state index is 13.9. The van der Waals surface area contributed by atoms with Gasteiger partial charge in [0.1, 0.15) is 17.7 Å². The van der Waals surface area contributed by atoms with E-state index in [1.165, 1.54) is 30.1 Å².